The first-order valence-corrected chi connectivity index (χ1v) is 9.62. The standard InChI is InChI=1S/C17H31N5O2S.HI/c1-6-9-19-15(23)8-10-20-17(18-7-2)22(4)11-14-12-25-16(21-14)13(3)24-5;/h12-13H,6-11H2,1-5H3,(H,18,20)(H,19,23);1H. The number of ether oxygens (including phenoxy) is 1. The van der Waals surface area contributed by atoms with Crippen molar-refractivity contribution in [3.05, 3.63) is 16.1 Å². The lowest BCUT2D eigenvalue weighted by Crippen LogP contribution is -2.38. The molecule has 0 fully saturated rings. The molecular weight excluding hydrogens is 465 g/mol. The summed E-state index contributed by atoms with van der Waals surface area (Å²) in [5.74, 6) is 0.821. The van der Waals surface area contributed by atoms with Gasteiger partial charge in [0.15, 0.2) is 5.96 Å². The van der Waals surface area contributed by atoms with Gasteiger partial charge in [-0.05, 0) is 20.3 Å². The van der Waals surface area contributed by atoms with Gasteiger partial charge < -0.3 is 20.3 Å². The van der Waals surface area contributed by atoms with E-state index >= 15 is 0 Å². The van der Waals surface area contributed by atoms with E-state index in [1.165, 1.54) is 0 Å². The number of methoxy groups -OCH3 is 1. The van der Waals surface area contributed by atoms with Crippen molar-refractivity contribution < 1.29 is 9.53 Å². The van der Waals surface area contributed by atoms with Gasteiger partial charge in [-0.3, -0.25) is 9.79 Å². The summed E-state index contributed by atoms with van der Waals surface area (Å²) >= 11 is 1.60. The van der Waals surface area contributed by atoms with Crippen LogP contribution in [-0.2, 0) is 16.1 Å². The Morgan fingerprint density at radius 1 is 1.42 bits per heavy atom. The molecule has 26 heavy (non-hydrogen) atoms. The van der Waals surface area contributed by atoms with Gasteiger partial charge in [-0.1, -0.05) is 6.92 Å². The van der Waals surface area contributed by atoms with Crippen LogP contribution in [0.5, 0.6) is 0 Å². The highest BCUT2D eigenvalue weighted by molar-refractivity contribution is 14.0. The maximum absolute atomic E-state index is 11.7. The molecule has 1 rings (SSSR count). The molecule has 1 unspecified atom stereocenters. The summed E-state index contributed by atoms with van der Waals surface area (Å²) in [6.45, 7) is 8.66. The second kappa shape index (κ2) is 14.2. The number of guanidine groups is 1. The summed E-state index contributed by atoms with van der Waals surface area (Å²) in [7, 11) is 3.65. The summed E-state index contributed by atoms with van der Waals surface area (Å²) < 4.78 is 5.30. The van der Waals surface area contributed by atoms with E-state index in [9.17, 15) is 4.79 Å². The van der Waals surface area contributed by atoms with Gasteiger partial charge in [0.25, 0.3) is 0 Å². The Morgan fingerprint density at radius 2 is 2.15 bits per heavy atom. The van der Waals surface area contributed by atoms with Crippen LogP contribution in [0, 0.1) is 0 Å². The second-order valence-electron chi connectivity index (χ2n) is 5.75. The van der Waals surface area contributed by atoms with Gasteiger partial charge in [-0.25, -0.2) is 4.98 Å². The van der Waals surface area contributed by atoms with Crippen molar-refractivity contribution >= 4 is 47.2 Å². The monoisotopic (exact) mass is 497 g/mol. The minimum Gasteiger partial charge on any atom is -0.375 e. The molecule has 1 amide bonds. The molecule has 0 spiro atoms. The van der Waals surface area contributed by atoms with E-state index in [1.807, 2.05) is 38.1 Å². The van der Waals surface area contributed by atoms with Crippen LogP contribution >= 0.6 is 35.3 Å². The van der Waals surface area contributed by atoms with E-state index in [0.717, 1.165) is 29.6 Å². The molecule has 1 heterocycles. The van der Waals surface area contributed by atoms with Gasteiger partial charge >= 0.3 is 0 Å². The van der Waals surface area contributed by atoms with Crippen molar-refractivity contribution in [1.29, 1.82) is 0 Å². The number of nitrogens with zero attached hydrogens (tertiary/aromatic N) is 3. The minimum atomic E-state index is 0. The predicted molar refractivity (Wildman–Crippen MR) is 118 cm³/mol. The molecule has 9 heteroatoms. The molecule has 150 valence electrons. The number of nitrogens with one attached hydrogen (secondary N) is 2. The molecule has 0 saturated heterocycles. The van der Waals surface area contributed by atoms with Crippen LogP contribution in [0.25, 0.3) is 0 Å². The summed E-state index contributed by atoms with van der Waals surface area (Å²) in [6, 6.07) is 0. The van der Waals surface area contributed by atoms with E-state index < -0.39 is 0 Å². The number of aliphatic imine (C=N–C) groups is 1. The molecule has 0 bridgehead atoms. The van der Waals surface area contributed by atoms with Crippen molar-refractivity contribution in [2.24, 2.45) is 4.99 Å². The zero-order valence-corrected chi connectivity index (χ0v) is 19.5. The number of aromatic nitrogens is 1. The Balaban J connectivity index is 0.00000625. The number of carbonyl (C=O) groups excluding carboxylic acids is 1. The van der Waals surface area contributed by atoms with Crippen LogP contribution in [0.1, 0.15) is 50.4 Å². The van der Waals surface area contributed by atoms with Crippen LogP contribution < -0.4 is 10.6 Å². The average Bonchev–Trinajstić information content (AvgIpc) is 3.06. The van der Waals surface area contributed by atoms with Crippen molar-refractivity contribution in [1.82, 2.24) is 20.5 Å². The lowest BCUT2D eigenvalue weighted by Gasteiger charge is -2.21. The first-order chi connectivity index (χ1) is 12.0. The van der Waals surface area contributed by atoms with Crippen molar-refractivity contribution in [3.63, 3.8) is 0 Å². The van der Waals surface area contributed by atoms with Crippen molar-refractivity contribution in [2.75, 3.05) is 33.8 Å². The number of halogens is 1. The minimum absolute atomic E-state index is 0. The van der Waals surface area contributed by atoms with E-state index in [4.69, 9.17) is 4.74 Å². The van der Waals surface area contributed by atoms with Gasteiger partial charge in [0.2, 0.25) is 5.91 Å². The van der Waals surface area contributed by atoms with E-state index in [-0.39, 0.29) is 36.0 Å². The first-order valence-electron chi connectivity index (χ1n) is 8.75. The predicted octanol–water partition coefficient (Wildman–Crippen LogP) is 2.78. The third-order valence-electron chi connectivity index (χ3n) is 3.54. The molecule has 2 N–H and O–H groups in total. The third-order valence-corrected chi connectivity index (χ3v) is 4.59. The second-order valence-corrected chi connectivity index (χ2v) is 6.64. The van der Waals surface area contributed by atoms with E-state index in [2.05, 4.69) is 20.6 Å². The molecule has 0 aliphatic carbocycles. The van der Waals surface area contributed by atoms with Gasteiger partial charge in [0.05, 0.1) is 18.8 Å². The summed E-state index contributed by atoms with van der Waals surface area (Å²) in [5, 5.41) is 9.14. The molecule has 0 aliphatic rings. The number of carbonyl (C=O) groups is 1. The van der Waals surface area contributed by atoms with Gasteiger partial charge in [-0.15, -0.1) is 35.3 Å². The fraction of sp³-hybridized carbons (Fsp3) is 0.706. The molecule has 0 aromatic carbocycles. The van der Waals surface area contributed by atoms with Gasteiger partial charge in [0.1, 0.15) is 11.1 Å². The Labute approximate surface area is 178 Å². The molecule has 7 nitrogen and oxygen atoms in total. The summed E-state index contributed by atoms with van der Waals surface area (Å²) in [4.78, 5) is 22.8. The zero-order chi connectivity index (χ0) is 18.7. The Kier molecular flexibility index (Phi) is 13.6. The van der Waals surface area contributed by atoms with Gasteiger partial charge in [-0.2, -0.15) is 0 Å². The smallest absolute Gasteiger partial charge is 0.221 e. The van der Waals surface area contributed by atoms with E-state index in [0.29, 0.717) is 26.1 Å². The summed E-state index contributed by atoms with van der Waals surface area (Å²) in [5.41, 5.74) is 0.984. The number of rotatable bonds is 10. The normalized spacial score (nSPS) is 12.3. The van der Waals surface area contributed by atoms with Crippen LogP contribution in [0.2, 0.25) is 0 Å². The first kappa shape index (κ1) is 25.1. The highest BCUT2D eigenvalue weighted by atomic mass is 127. The number of hydrogen-bond donors (Lipinski definition) is 2. The maximum atomic E-state index is 11.7. The molecule has 1 atom stereocenters. The van der Waals surface area contributed by atoms with E-state index in [1.54, 1.807) is 18.4 Å². The molecule has 1 aromatic heterocycles. The summed E-state index contributed by atoms with van der Waals surface area (Å²) in [6.07, 6.45) is 1.35. The fourth-order valence-corrected chi connectivity index (χ4v) is 2.93. The topological polar surface area (TPSA) is 78.9 Å². The fourth-order valence-electron chi connectivity index (χ4n) is 2.09. The highest BCUT2D eigenvalue weighted by Crippen LogP contribution is 2.20. The molecule has 1 aromatic rings. The largest absolute Gasteiger partial charge is 0.375 e. The number of amides is 1. The van der Waals surface area contributed by atoms with Crippen LogP contribution in [0.3, 0.4) is 0 Å². The highest BCUT2D eigenvalue weighted by Gasteiger charge is 2.12. The molecule has 0 aliphatic heterocycles. The average molecular weight is 497 g/mol. The lowest BCUT2D eigenvalue weighted by atomic mass is 10.4. The zero-order valence-electron chi connectivity index (χ0n) is 16.4. The van der Waals surface area contributed by atoms with Crippen LogP contribution in [-0.4, -0.2) is 55.5 Å². The van der Waals surface area contributed by atoms with Crippen LogP contribution in [0.4, 0.5) is 0 Å². The SMILES string of the molecule is CCCNC(=O)CCN=C(NCC)N(C)Cc1csc(C(C)OC)n1.I. The van der Waals surface area contributed by atoms with Crippen molar-refractivity contribution in [2.45, 2.75) is 46.3 Å². The van der Waals surface area contributed by atoms with Gasteiger partial charge in [0, 0.05) is 39.0 Å². The lowest BCUT2D eigenvalue weighted by molar-refractivity contribution is -0.120. The third kappa shape index (κ3) is 9.13. The molecule has 0 saturated carbocycles. The maximum Gasteiger partial charge on any atom is 0.221 e. The number of hydrogen-bond acceptors (Lipinski definition) is 5. The Hall–Kier alpha value is -0.940. The van der Waals surface area contributed by atoms with Crippen molar-refractivity contribution in [3.8, 4) is 0 Å². The Bertz CT molecular complexity index is 553. The molecule has 0 radical (unpaired) electrons. The Morgan fingerprint density at radius 3 is 2.77 bits per heavy atom. The molecular formula is C17H32IN5O2S. The van der Waals surface area contributed by atoms with Crippen LogP contribution in [0.15, 0.2) is 10.4 Å². The quantitative estimate of drug-likeness (QED) is 0.295. The number of thiazole rings is 1.